The minimum atomic E-state index is -0.818. The van der Waals surface area contributed by atoms with Gasteiger partial charge in [0.05, 0.1) is 0 Å². The molecule has 0 unspecified atom stereocenters. The van der Waals surface area contributed by atoms with Gasteiger partial charge in [-0.1, -0.05) is 19.9 Å². The van der Waals surface area contributed by atoms with Crippen LogP contribution in [0.5, 0.6) is 0 Å². The van der Waals surface area contributed by atoms with E-state index in [1.165, 1.54) is 0 Å². The summed E-state index contributed by atoms with van der Waals surface area (Å²) in [7, 11) is 0. The Balaban J connectivity index is -0.0000000300. The molecule has 0 saturated carbocycles. The maximum Gasteiger partial charge on any atom is 4.00 e. The van der Waals surface area contributed by atoms with Gasteiger partial charge in [0.15, 0.2) is 0 Å². The quantitative estimate of drug-likeness (QED) is 0.366. The molecule has 66 valence electrons. The minimum Gasteiger partial charge on any atom is -1.00 e. The fourth-order valence-corrected chi connectivity index (χ4v) is 0.348. The molecule has 0 bridgehead atoms. The molecule has 0 aliphatic heterocycles. The molecule has 0 heterocycles. The molecule has 11 heavy (non-hydrogen) atoms. The van der Waals surface area contributed by atoms with Gasteiger partial charge in [-0.15, -0.1) is 12.2 Å². The maximum absolute atomic E-state index is 10.6. The third-order valence-corrected chi connectivity index (χ3v) is 0.636. The molecule has 0 rings (SSSR count). The zero-order valence-corrected chi connectivity index (χ0v) is 11.7. The van der Waals surface area contributed by atoms with Crippen molar-refractivity contribution in [3.05, 3.63) is 12.7 Å². The van der Waals surface area contributed by atoms with E-state index in [2.05, 4.69) is 6.58 Å². The summed E-state index contributed by atoms with van der Waals surface area (Å²) in [5.74, 6) is 0. The van der Waals surface area contributed by atoms with Crippen molar-refractivity contribution >= 4 is 23.9 Å². The monoisotopic (exact) mass is 324 g/mol. The molecule has 5 heteroatoms. The van der Waals surface area contributed by atoms with Gasteiger partial charge in [0.25, 0.3) is 0 Å². The van der Waals surface area contributed by atoms with Crippen molar-refractivity contribution in [3.8, 4) is 0 Å². The van der Waals surface area contributed by atoms with Crippen LogP contribution in [0.25, 0.3) is 0 Å². The largest absolute Gasteiger partial charge is 4.00 e. The summed E-state index contributed by atoms with van der Waals surface area (Å²) < 4.78 is 0. The predicted octanol–water partition coefficient (Wildman–Crippen LogP) is -8.67. The van der Waals surface area contributed by atoms with Crippen LogP contribution in [0.2, 0.25) is 0 Å². The Morgan fingerprint density at radius 1 is 1.27 bits per heavy atom. The molecule has 0 amide bonds. The second-order valence-electron chi connectivity index (χ2n) is 2.25. The molecular weight excluding hydrogens is 313 g/mol. The molecule has 0 saturated heterocycles. The van der Waals surface area contributed by atoms with Crippen LogP contribution in [0.4, 0.5) is 0 Å². The van der Waals surface area contributed by atoms with E-state index in [4.69, 9.17) is 0 Å². The molecule has 0 aromatic heterocycles. The third kappa shape index (κ3) is 34.6. The molecular formula is C6H11Cl3OSn. The van der Waals surface area contributed by atoms with Crippen LogP contribution in [-0.2, 0) is 0 Å². The Morgan fingerprint density at radius 3 is 1.55 bits per heavy atom. The zero-order chi connectivity index (χ0) is 5.91. The minimum absolute atomic E-state index is 0. The summed E-state index contributed by atoms with van der Waals surface area (Å²) in [4.78, 5) is 0. The molecule has 0 aromatic carbocycles. The number of halogens is 3. The maximum atomic E-state index is 10.6. The standard InChI is InChI=1S/C6H11O.3ClH.Sn/c1-4-5-6(2,3)7;;;;/h4H,1,5H2,2-3H3;3*1H;/q-1;;;;+4/p-3. The average Bonchev–Trinajstić information content (AvgIpc) is 1.30. The SMILES string of the molecule is C=CCC(C)(C)[O-].[Cl-].[Cl-].[Cl-].[Sn+4]. The van der Waals surface area contributed by atoms with Crippen molar-refractivity contribution in [2.75, 3.05) is 0 Å². The molecule has 0 aliphatic rings. The molecule has 0 fully saturated rings. The Bertz CT molecular complexity index is 72.7. The van der Waals surface area contributed by atoms with Crippen molar-refractivity contribution in [2.24, 2.45) is 0 Å². The smallest absolute Gasteiger partial charge is 1.00 e. The van der Waals surface area contributed by atoms with Gasteiger partial charge in [0, 0.05) is 0 Å². The first kappa shape index (κ1) is 29.4. The van der Waals surface area contributed by atoms with Gasteiger partial charge < -0.3 is 42.3 Å². The van der Waals surface area contributed by atoms with Crippen molar-refractivity contribution in [1.29, 1.82) is 0 Å². The van der Waals surface area contributed by atoms with E-state index >= 15 is 0 Å². The third-order valence-electron chi connectivity index (χ3n) is 0.636. The van der Waals surface area contributed by atoms with Crippen molar-refractivity contribution < 1.29 is 42.3 Å². The Labute approximate surface area is 104 Å². The van der Waals surface area contributed by atoms with Crippen molar-refractivity contribution in [3.63, 3.8) is 0 Å². The van der Waals surface area contributed by atoms with E-state index in [9.17, 15) is 5.11 Å². The van der Waals surface area contributed by atoms with Crippen LogP contribution >= 0.6 is 0 Å². The number of hydrogen-bond acceptors (Lipinski definition) is 1. The summed E-state index contributed by atoms with van der Waals surface area (Å²) in [6.07, 6.45) is 2.19. The fraction of sp³-hybridized carbons (Fsp3) is 0.667. The van der Waals surface area contributed by atoms with Gasteiger partial charge in [-0.25, -0.2) is 0 Å². The van der Waals surface area contributed by atoms with Crippen LogP contribution in [0.15, 0.2) is 12.7 Å². The Kier molecular flexibility index (Phi) is 37.3. The first-order valence-electron chi connectivity index (χ1n) is 2.37. The molecule has 0 aromatic rings. The predicted molar refractivity (Wildman–Crippen MR) is 34.6 cm³/mol. The van der Waals surface area contributed by atoms with Crippen molar-refractivity contribution in [1.82, 2.24) is 0 Å². The van der Waals surface area contributed by atoms with Gasteiger partial charge in [-0.3, -0.25) is 0 Å². The topological polar surface area (TPSA) is 23.1 Å². The zero-order valence-electron chi connectivity index (χ0n) is 6.53. The molecule has 1 nitrogen and oxygen atoms in total. The Morgan fingerprint density at radius 2 is 1.55 bits per heavy atom. The van der Waals surface area contributed by atoms with E-state index in [0.717, 1.165) is 0 Å². The van der Waals surface area contributed by atoms with E-state index < -0.39 is 5.60 Å². The summed E-state index contributed by atoms with van der Waals surface area (Å²) in [5.41, 5.74) is -0.818. The normalized spacial score (nSPS) is 7.18. The van der Waals surface area contributed by atoms with E-state index in [1.54, 1.807) is 19.9 Å². The van der Waals surface area contributed by atoms with Crippen LogP contribution in [0.3, 0.4) is 0 Å². The van der Waals surface area contributed by atoms with Crippen LogP contribution in [0.1, 0.15) is 20.3 Å². The van der Waals surface area contributed by atoms with Gasteiger partial charge in [-0.05, 0) is 6.42 Å². The van der Waals surface area contributed by atoms with Gasteiger partial charge in [-0.2, -0.15) is 0 Å². The van der Waals surface area contributed by atoms with E-state index in [-0.39, 0.29) is 61.1 Å². The molecule has 0 spiro atoms. The fourth-order valence-electron chi connectivity index (χ4n) is 0.348. The summed E-state index contributed by atoms with van der Waals surface area (Å²) in [5, 5.41) is 10.6. The molecule has 0 radical (unpaired) electrons. The number of hydrogen-bond donors (Lipinski definition) is 0. The Hall–Kier alpha value is 1.37. The van der Waals surface area contributed by atoms with Gasteiger partial charge in [0.1, 0.15) is 0 Å². The van der Waals surface area contributed by atoms with Crippen LogP contribution < -0.4 is 42.3 Å². The van der Waals surface area contributed by atoms with E-state index in [1.807, 2.05) is 0 Å². The first-order chi connectivity index (χ1) is 3.06. The summed E-state index contributed by atoms with van der Waals surface area (Å²) in [6, 6.07) is 0. The molecule has 0 atom stereocenters. The van der Waals surface area contributed by atoms with E-state index in [0.29, 0.717) is 6.42 Å². The van der Waals surface area contributed by atoms with Crippen LogP contribution in [0, 0.1) is 0 Å². The molecule has 0 aliphatic carbocycles. The van der Waals surface area contributed by atoms with Crippen LogP contribution in [-0.4, -0.2) is 29.5 Å². The van der Waals surface area contributed by atoms with Gasteiger partial charge in [0.2, 0.25) is 0 Å². The first-order valence-corrected chi connectivity index (χ1v) is 2.37. The molecule has 0 N–H and O–H groups in total. The van der Waals surface area contributed by atoms with Gasteiger partial charge >= 0.3 is 23.9 Å². The summed E-state index contributed by atoms with van der Waals surface area (Å²) in [6.45, 7) is 6.74. The second-order valence-corrected chi connectivity index (χ2v) is 2.25. The summed E-state index contributed by atoms with van der Waals surface area (Å²) >= 11 is 0. The average molecular weight is 324 g/mol. The van der Waals surface area contributed by atoms with Crippen molar-refractivity contribution in [2.45, 2.75) is 25.9 Å². The second kappa shape index (κ2) is 13.9. The number of rotatable bonds is 2.